The average Bonchev–Trinajstić information content (AvgIpc) is 2.71. The number of carbonyl (C=O) groups is 1. The molecule has 1 N–H and O–H groups in total. The summed E-state index contributed by atoms with van der Waals surface area (Å²) >= 11 is 5.96. The molecule has 0 spiro atoms. The Kier molecular flexibility index (Phi) is 3.67. The van der Waals surface area contributed by atoms with Gasteiger partial charge in [-0.25, -0.2) is 4.98 Å². The summed E-state index contributed by atoms with van der Waals surface area (Å²) in [5.74, 6) is 0.484. The van der Waals surface area contributed by atoms with E-state index in [9.17, 15) is 4.79 Å². The van der Waals surface area contributed by atoms with E-state index < -0.39 is 0 Å². The predicted molar refractivity (Wildman–Crippen MR) is 72.6 cm³/mol. The normalized spacial score (nSPS) is 10.4. The minimum atomic E-state index is -0.0543. The predicted octanol–water partition coefficient (Wildman–Crippen LogP) is 3.09. The van der Waals surface area contributed by atoms with Gasteiger partial charge < -0.3 is 4.57 Å². The monoisotopic (exact) mass is 263 g/mol. The van der Waals surface area contributed by atoms with Crippen LogP contribution in [0.1, 0.15) is 13.3 Å². The van der Waals surface area contributed by atoms with Gasteiger partial charge in [-0.2, -0.15) is 0 Å². The van der Waals surface area contributed by atoms with E-state index in [2.05, 4.69) is 10.3 Å². The van der Waals surface area contributed by atoms with E-state index in [4.69, 9.17) is 11.6 Å². The summed E-state index contributed by atoms with van der Waals surface area (Å²) in [5, 5.41) is 3.42. The molecule has 5 heteroatoms. The molecule has 4 nitrogen and oxygen atoms in total. The van der Waals surface area contributed by atoms with Crippen molar-refractivity contribution in [2.75, 3.05) is 5.32 Å². The highest BCUT2D eigenvalue weighted by atomic mass is 35.5. The standard InChI is InChI=1S/C13H14ClN3O/c1-3-12(18)16-13-15-8-11(17(13)2)9-5-4-6-10(14)7-9/h4-8H,3H2,1-2H3,(H,15,16,18). The summed E-state index contributed by atoms with van der Waals surface area (Å²) in [6.07, 6.45) is 2.15. The fourth-order valence-electron chi connectivity index (χ4n) is 1.65. The first-order chi connectivity index (χ1) is 8.61. The number of hydrogen-bond donors (Lipinski definition) is 1. The lowest BCUT2D eigenvalue weighted by Crippen LogP contribution is -2.13. The summed E-state index contributed by atoms with van der Waals surface area (Å²) < 4.78 is 1.83. The van der Waals surface area contributed by atoms with Crippen molar-refractivity contribution in [1.82, 2.24) is 9.55 Å². The number of benzene rings is 1. The third kappa shape index (κ3) is 2.54. The zero-order valence-corrected chi connectivity index (χ0v) is 11.0. The number of nitrogens with one attached hydrogen (secondary N) is 1. The summed E-state index contributed by atoms with van der Waals surface area (Å²) in [6.45, 7) is 1.80. The van der Waals surface area contributed by atoms with E-state index >= 15 is 0 Å². The topological polar surface area (TPSA) is 46.9 Å². The summed E-state index contributed by atoms with van der Waals surface area (Å²) in [4.78, 5) is 15.5. The highest BCUT2D eigenvalue weighted by Crippen LogP contribution is 2.24. The molecule has 0 aliphatic rings. The Morgan fingerprint density at radius 2 is 2.28 bits per heavy atom. The van der Waals surface area contributed by atoms with Gasteiger partial charge in [-0.05, 0) is 12.1 Å². The second-order valence-electron chi connectivity index (χ2n) is 3.94. The number of hydrogen-bond acceptors (Lipinski definition) is 2. The van der Waals surface area contributed by atoms with Crippen molar-refractivity contribution in [2.24, 2.45) is 7.05 Å². The van der Waals surface area contributed by atoms with Gasteiger partial charge in [0.05, 0.1) is 11.9 Å². The van der Waals surface area contributed by atoms with Crippen LogP contribution in [0.25, 0.3) is 11.3 Å². The molecule has 0 atom stereocenters. The van der Waals surface area contributed by atoms with Crippen molar-refractivity contribution in [3.05, 3.63) is 35.5 Å². The smallest absolute Gasteiger partial charge is 0.226 e. The molecule has 1 aromatic carbocycles. The van der Waals surface area contributed by atoms with Gasteiger partial charge in [-0.1, -0.05) is 30.7 Å². The molecule has 0 aliphatic heterocycles. The van der Waals surface area contributed by atoms with E-state index in [-0.39, 0.29) is 5.91 Å². The van der Waals surface area contributed by atoms with Crippen molar-refractivity contribution in [2.45, 2.75) is 13.3 Å². The molecule has 1 aromatic heterocycles. The highest BCUT2D eigenvalue weighted by Gasteiger charge is 2.10. The van der Waals surface area contributed by atoms with E-state index in [0.717, 1.165) is 11.3 Å². The first kappa shape index (κ1) is 12.6. The lowest BCUT2D eigenvalue weighted by atomic mass is 10.2. The maximum atomic E-state index is 11.3. The molecule has 0 radical (unpaired) electrons. The van der Waals surface area contributed by atoms with Gasteiger partial charge in [0.1, 0.15) is 0 Å². The van der Waals surface area contributed by atoms with Crippen molar-refractivity contribution < 1.29 is 4.79 Å². The van der Waals surface area contributed by atoms with Crippen LogP contribution >= 0.6 is 11.6 Å². The number of aromatic nitrogens is 2. The van der Waals surface area contributed by atoms with Crippen molar-refractivity contribution in [1.29, 1.82) is 0 Å². The van der Waals surface area contributed by atoms with Gasteiger partial charge in [-0.3, -0.25) is 10.1 Å². The number of rotatable bonds is 3. The van der Waals surface area contributed by atoms with Crippen LogP contribution in [0, 0.1) is 0 Å². The Labute approximate surface area is 111 Å². The maximum Gasteiger partial charge on any atom is 0.226 e. The molecule has 0 fully saturated rings. The van der Waals surface area contributed by atoms with Gasteiger partial charge in [0.2, 0.25) is 11.9 Å². The van der Waals surface area contributed by atoms with Gasteiger partial charge in [0, 0.05) is 24.1 Å². The Morgan fingerprint density at radius 1 is 1.50 bits per heavy atom. The fourth-order valence-corrected chi connectivity index (χ4v) is 1.85. The highest BCUT2D eigenvalue weighted by molar-refractivity contribution is 6.30. The summed E-state index contributed by atoms with van der Waals surface area (Å²) in [7, 11) is 1.86. The first-order valence-corrected chi connectivity index (χ1v) is 6.07. The number of carbonyl (C=O) groups excluding carboxylic acids is 1. The number of imidazole rings is 1. The van der Waals surface area contributed by atoms with E-state index in [1.54, 1.807) is 13.1 Å². The van der Waals surface area contributed by atoms with E-state index in [0.29, 0.717) is 17.4 Å². The zero-order valence-electron chi connectivity index (χ0n) is 10.3. The Balaban J connectivity index is 2.33. The van der Waals surface area contributed by atoms with Crippen LogP contribution < -0.4 is 5.32 Å². The molecule has 0 saturated heterocycles. The second kappa shape index (κ2) is 5.23. The number of nitrogens with zero attached hydrogens (tertiary/aromatic N) is 2. The molecule has 0 bridgehead atoms. The first-order valence-electron chi connectivity index (χ1n) is 5.69. The van der Waals surface area contributed by atoms with Crippen LogP contribution in [0.15, 0.2) is 30.5 Å². The molecule has 0 saturated carbocycles. The van der Waals surface area contributed by atoms with Crippen molar-refractivity contribution in [3.8, 4) is 11.3 Å². The lowest BCUT2D eigenvalue weighted by Gasteiger charge is -2.06. The second-order valence-corrected chi connectivity index (χ2v) is 4.37. The molecule has 1 heterocycles. The minimum absolute atomic E-state index is 0.0543. The third-order valence-electron chi connectivity index (χ3n) is 2.68. The molecule has 2 aromatic rings. The Bertz CT molecular complexity index is 577. The van der Waals surface area contributed by atoms with Crippen LogP contribution in [0.5, 0.6) is 0 Å². The number of halogens is 1. The van der Waals surface area contributed by atoms with Crippen LogP contribution in [0.2, 0.25) is 5.02 Å². The quantitative estimate of drug-likeness (QED) is 0.925. The molecule has 94 valence electrons. The zero-order chi connectivity index (χ0) is 13.1. The van der Waals surface area contributed by atoms with Gasteiger partial charge in [0.15, 0.2) is 0 Å². The van der Waals surface area contributed by atoms with Crippen molar-refractivity contribution >= 4 is 23.5 Å². The van der Waals surface area contributed by atoms with E-state index in [1.807, 2.05) is 35.9 Å². The van der Waals surface area contributed by atoms with Gasteiger partial charge >= 0.3 is 0 Å². The lowest BCUT2D eigenvalue weighted by molar-refractivity contribution is -0.115. The molecular weight excluding hydrogens is 250 g/mol. The third-order valence-corrected chi connectivity index (χ3v) is 2.92. The summed E-state index contributed by atoms with van der Waals surface area (Å²) in [5.41, 5.74) is 1.87. The number of amides is 1. The van der Waals surface area contributed by atoms with Crippen LogP contribution in [-0.4, -0.2) is 15.5 Å². The largest absolute Gasteiger partial charge is 0.313 e. The van der Waals surface area contributed by atoms with Crippen LogP contribution in [-0.2, 0) is 11.8 Å². The molecule has 1 amide bonds. The molecule has 2 rings (SSSR count). The summed E-state index contributed by atoms with van der Waals surface area (Å²) in [6, 6.07) is 7.52. The molecule has 18 heavy (non-hydrogen) atoms. The Morgan fingerprint density at radius 3 is 2.94 bits per heavy atom. The van der Waals surface area contributed by atoms with Gasteiger partial charge in [0.25, 0.3) is 0 Å². The van der Waals surface area contributed by atoms with Crippen molar-refractivity contribution in [3.63, 3.8) is 0 Å². The number of anilines is 1. The van der Waals surface area contributed by atoms with Crippen LogP contribution in [0.4, 0.5) is 5.95 Å². The molecule has 0 unspecified atom stereocenters. The maximum absolute atomic E-state index is 11.3. The SMILES string of the molecule is CCC(=O)Nc1ncc(-c2cccc(Cl)c2)n1C. The minimum Gasteiger partial charge on any atom is -0.313 e. The van der Waals surface area contributed by atoms with E-state index in [1.165, 1.54) is 0 Å². The van der Waals surface area contributed by atoms with Gasteiger partial charge in [-0.15, -0.1) is 0 Å². The Hall–Kier alpha value is -1.81. The van der Waals surface area contributed by atoms with Crippen LogP contribution in [0.3, 0.4) is 0 Å². The molecule has 0 aliphatic carbocycles. The fraction of sp³-hybridized carbons (Fsp3) is 0.231. The molecular formula is C13H14ClN3O. The average molecular weight is 264 g/mol.